The van der Waals surface area contributed by atoms with E-state index in [0.29, 0.717) is 5.56 Å². The average molecular weight is 295 g/mol. The zero-order valence-corrected chi connectivity index (χ0v) is 12.1. The highest BCUT2D eigenvalue weighted by molar-refractivity contribution is 7.91. The SMILES string of the molecule is COCC(O)(c1ccccc1)C1(C#N)CCS(=O)(=O)C1. The molecule has 2 atom stereocenters. The van der Waals surface area contributed by atoms with Crippen LogP contribution in [0.3, 0.4) is 0 Å². The summed E-state index contributed by atoms with van der Waals surface area (Å²) in [6, 6.07) is 10.7. The molecule has 0 spiro atoms. The van der Waals surface area contributed by atoms with Crippen LogP contribution in [0, 0.1) is 16.7 Å². The van der Waals surface area contributed by atoms with Crippen molar-refractivity contribution in [3.63, 3.8) is 0 Å². The van der Waals surface area contributed by atoms with E-state index in [1.807, 2.05) is 6.07 Å². The Labute approximate surface area is 118 Å². The number of aliphatic hydroxyl groups is 1. The maximum atomic E-state index is 11.8. The molecule has 1 aliphatic heterocycles. The Morgan fingerprint density at radius 3 is 2.55 bits per heavy atom. The van der Waals surface area contributed by atoms with Gasteiger partial charge < -0.3 is 9.84 Å². The van der Waals surface area contributed by atoms with Crippen LogP contribution in [0.1, 0.15) is 12.0 Å². The highest BCUT2D eigenvalue weighted by atomic mass is 32.2. The van der Waals surface area contributed by atoms with E-state index in [-0.39, 0.29) is 24.5 Å². The van der Waals surface area contributed by atoms with Gasteiger partial charge in [-0.2, -0.15) is 5.26 Å². The average Bonchev–Trinajstić information content (AvgIpc) is 2.77. The molecule has 1 heterocycles. The second kappa shape index (κ2) is 5.17. The number of rotatable bonds is 4. The molecule has 2 unspecified atom stereocenters. The van der Waals surface area contributed by atoms with Crippen LogP contribution < -0.4 is 0 Å². The molecule has 2 rings (SSSR count). The fourth-order valence-corrected chi connectivity index (χ4v) is 4.78. The summed E-state index contributed by atoms with van der Waals surface area (Å²) in [6.45, 7) is -0.125. The van der Waals surface area contributed by atoms with Crippen LogP contribution >= 0.6 is 0 Å². The number of nitriles is 1. The molecular weight excluding hydrogens is 278 g/mol. The Morgan fingerprint density at radius 2 is 2.10 bits per heavy atom. The summed E-state index contributed by atoms with van der Waals surface area (Å²) < 4.78 is 28.6. The Hall–Kier alpha value is -1.42. The lowest BCUT2D eigenvalue weighted by atomic mass is 9.69. The standard InChI is InChI=1S/C14H17NO4S/c1-19-10-14(16,12-5-3-2-4-6-12)13(9-15)7-8-20(17,18)11-13/h2-6,16H,7-8,10-11H2,1H3. The largest absolute Gasteiger partial charge is 0.381 e. The van der Waals surface area contributed by atoms with Crippen molar-refractivity contribution in [3.05, 3.63) is 35.9 Å². The Kier molecular flexibility index (Phi) is 3.87. The van der Waals surface area contributed by atoms with Crippen molar-refractivity contribution in [3.8, 4) is 6.07 Å². The molecule has 1 fully saturated rings. The van der Waals surface area contributed by atoms with Crippen molar-refractivity contribution in [1.29, 1.82) is 5.26 Å². The molecule has 0 aromatic heterocycles. The zero-order valence-electron chi connectivity index (χ0n) is 11.2. The molecule has 0 amide bonds. The summed E-state index contributed by atoms with van der Waals surface area (Å²) in [6.07, 6.45) is 0.112. The monoisotopic (exact) mass is 295 g/mol. The minimum atomic E-state index is -3.31. The molecule has 1 saturated heterocycles. The first-order valence-corrected chi connectivity index (χ1v) is 8.10. The molecule has 1 aromatic carbocycles. The third kappa shape index (κ3) is 2.33. The van der Waals surface area contributed by atoms with Crippen LogP contribution in [-0.2, 0) is 20.2 Å². The van der Waals surface area contributed by atoms with Gasteiger partial charge in [-0.05, 0) is 12.0 Å². The molecule has 5 nitrogen and oxygen atoms in total. The summed E-state index contributed by atoms with van der Waals surface area (Å²) in [5.74, 6) is -0.426. The topological polar surface area (TPSA) is 87.4 Å². The van der Waals surface area contributed by atoms with E-state index in [0.717, 1.165) is 0 Å². The molecule has 1 aromatic rings. The van der Waals surface area contributed by atoms with E-state index in [2.05, 4.69) is 0 Å². The molecule has 0 aliphatic carbocycles. The smallest absolute Gasteiger partial charge is 0.152 e. The van der Waals surface area contributed by atoms with Gasteiger partial charge in [-0.15, -0.1) is 0 Å². The number of sulfone groups is 1. The van der Waals surface area contributed by atoms with Crippen molar-refractivity contribution in [2.45, 2.75) is 12.0 Å². The van der Waals surface area contributed by atoms with Crippen LogP contribution in [-0.4, -0.2) is 38.7 Å². The number of hydrogen-bond donors (Lipinski definition) is 1. The molecule has 0 radical (unpaired) electrons. The van der Waals surface area contributed by atoms with Crippen LogP contribution in [0.2, 0.25) is 0 Å². The van der Waals surface area contributed by atoms with Crippen LogP contribution in [0.5, 0.6) is 0 Å². The van der Waals surface area contributed by atoms with Gasteiger partial charge in [0.1, 0.15) is 11.0 Å². The van der Waals surface area contributed by atoms with E-state index < -0.39 is 20.9 Å². The summed E-state index contributed by atoms with van der Waals surface area (Å²) in [4.78, 5) is 0. The van der Waals surface area contributed by atoms with Crippen molar-refractivity contribution >= 4 is 9.84 Å². The van der Waals surface area contributed by atoms with Gasteiger partial charge in [0.25, 0.3) is 0 Å². The predicted octanol–water partition coefficient (Wildman–Crippen LogP) is 0.849. The normalized spacial score (nSPS) is 27.6. The minimum Gasteiger partial charge on any atom is -0.381 e. The third-order valence-electron chi connectivity index (χ3n) is 3.92. The fourth-order valence-electron chi connectivity index (χ4n) is 2.78. The van der Waals surface area contributed by atoms with E-state index in [9.17, 15) is 18.8 Å². The van der Waals surface area contributed by atoms with Crippen molar-refractivity contribution < 1.29 is 18.3 Å². The Morgan fingerprint density at radius 1 is 1.45 bits per heavy atom. The van der Waals surface area contributed by atoms with Crippen LogP contribution in [0.25, 0.3) is 0 Å². The number of benzene rings is 1. The van der Waals surface area contributed by atoms with Gasteiger partial charge in [-0.3, -0.25) is 0 Å². The van der Waals surface area contributed by atoms with Crippen molar-refractivity contribution in [1.82, 2.24) is 0 Å². The maximum absolute atomic E-state index is 11.8. The Balaban J connectivity index is 2.56. The number of nitrogens with zero attached hydrogens (tertiary/aromatic N) is 1. The highest BCUT2D eigenvalue weighted by Gasteiger charge is 2.58. The van der Waals surface area contributed by atoms with Crippen LogP contribution in [0.15, 0.2) is 30.3 Å². The van der Waals surface area contributed by atoms with Crippen LogP contribution in [0.4, 0.5) is 0 Å². The molecule has 1 aliphatic rings. The first kappa shape index (κ1) is 15.0. The minimum absolute atomic E-state index is 0.0839. The van der Waals surface area contributed by atoms with Gasteiger partial charge in [0.05, 0.1) is 24.2 Å². The van der Waals surface area contributed by atoms with Gasteiger partial charge in [-0.25, -0.2) is 8.42 Å². The molecule has 108 valence electrons. The van der Waals surface area contributed by atoms with Gasteiger partial charge in [0.15, 0.2) is 9.84 Å². The summed E-state index contributed by atoms with van der Waals surface area (Å²) in [7, 11) is -1.89. The first-order valence-electron chi connectivity index (χ1n) is 6.28. The van der Waals surface area contributed by atoms with Crippen molar-refractivity contribution in [2.75, 3.05) is 25.2 Å². The van der Waals surface area contributed by atoms with E-state index >= 15 is 0 Å². The summed E-state index contributed by atoms with van der Waals surface area (Å²) in [5.41, 5.74) is -2.51. The highest BCUT2D eigenvalue weighted by Crippen LogP contribution is 2.47. The lowest BCUT2D eigenvalue weighted by Crippen LogP contribution is -2.49. The summed E-state index contributed by atoms with van der Waals surface area (Å²) >= 11 is 0. The molecule has 20 heavy (non-hydrogen) atoms. The molecule has 0 bridgehead atoms. The van der Waals surface area contributed by atoms with E-state index in [1.54, 1.807) is 30.3 Å². The Bertz CT molecular complexity index is 622. The predicted molar refractivity (Wildman–Crippen MR) is 73.5 cm³/mol. The van der Waals surface area contributed by atoms with Gasteiger partial charge in [-0.1, -0.05) is 30.3 Å². The second-order valence-corrected chi connectivity index (χ2v) is 7.38. The molecule has 6 heteroatoms. The first-order chi connectivity index (χ1) is 9.39. The van der Waals surface area contributed by atoms with E-state index in [4.69, 9.17) is 4.74 Å². The quantitative estimate of drug-likeness (QED) is 0.889. The van der Waals surface area contributed by atoms with Gasteiger partial charge >= 0.3 is 0 Å². The number of ether oxygens (including phenoxy) is 1. The molecular formula is C14H17NO4S. The molecule has 1 N–H and O–H groups in total. The van der Waals surface area contributed by atoms with E-state index in [1.165, 1.54) is 7.11 Å². The van der Waals surface area contributed by atoms with Gasteiger partial charge in [0, 0.05) is 7.11 Å². The zero-order chi connectivity index (χ0) is 14.9. The second-order valence-electron chi connectivity index (χ2n) is 5.20. The third-order valence-corrected chi connectivity index (χ3v) is 5.68. The van der Waals surface area contributed by atoms with Crippen molar-refractivity contribution in [2.24, 2.45) is 5.41 Å². The fraction of sp³-hybridized carbons (Fsp3) is 0.500. The lowest BCUT2D eigenvalue weighted by Gasteiger charge is -2.39. The lowest BCUT2D eigenvalue weighted by molar-refractivity contribution is -0.100. The number of methoxy groups -OCH3 is 1. The number of hydrogen-bond acceptors (Lipinski definition) is 5. The summed E-state index contributed by atoms with van der Waals surface area (Å²) in [5, 5.41) is 20.6. The van der Waals surface area contributed by atoms with Gasteiger partial charge in [0.2, 0.25) is 0 Å². The molecule has 0 saturated carbocycles. The maximum Gasteiger partial charge on any atom is 0.152 e.